The number of thiocarbonyl (C=S) groups is 1. The Bertz CT molecular complexity index is 1090. The average molecular weight is 578 g/mol. The Morgan fingerprint density at radius 2 is 1.64 bits per heavy atom. The van der Waals surface area contributed by atoms with E-state index in [1.165, 1.54) is 6.42 Å². The molecule has 0 heterocycles. The number of rotatable bonds is 8. The number of carbonyl (C=O) groups excluding carboxylic acids is 3. The summed E-state index contributed by atoms with van der Waals surface area (Å²) in [4.78, 5) is 37.3. The molecule has 0 spiro atoms. The third kappa shape index (κ3) is 8.28. The number of hydrogen-bond acceptors (Lipinski definition) is 6. The van der Waals surface area contributed by atoms with Crippen LogP contribution in [0.4, 0.5) is 5.69 Å². The van der Waals surface area contributed by atoms with E-state index in [1.54, 1.807) is 49.6 Å². The van der Waals surface area contributed by atoms with Crippen LogP contribution in [0.1, 0.15) is 52.8 Å². The van der Waals surface area contributed by atoms with E-state index in [2.05, 4.69) is 37.4 Å². The van der Waals surface area contributed by atoms with E-state index in [0.29, 0.717) is 40.3 Å². The molecule has 36 heavy (non-hydrogen) atoms. The number of hydrazine groups is 1. The third-order valence-electron chi connectivity index (χ3n) is 5.65. The molecule has 192 valence electrons. The number of ether oxygens (including phenoxy) is 2. The highest BCUT2D eigenvalue weighted by atomic mass is 79.9. The van der Waals surface area contributed by atoms with Gasteiger partial charge in [-0.05, 0) is 83.5 Å². The van der Waals surface area contributed by atoms with Crippen molar-refractivity contribution in [3.8, 4) is 5.75 Å². The zero-order chi connectivity index (χ0) is 25.9. The number of hydrogen-bond donors (Lipinski definition) is 4. The zero-order valence-corrected chi connectivity index (χ0v) is 22.3. The van der Waals surface area contributed by atoms with Crippen LogP contribution in [0, 0.1) is 5.92 Å². The van der Waals surface area contributed by atoms with Gasteiger partial charge in [-0.1, -0.05) is 19.3 Å². The Morgan fingerprint density at radius 1 is 0.944 bits per heavy atom. The van der Waals surface area contributed by atoms with E-state index < -0.39 is 11.8 Å². The summed E-state index contributed by atoms with van der Waals surface area (Å²) in [6.45, 7) is 0.827. The molecular formula is C25H29BrN4O5S. The fourth-order valence-corrected chi connectivity index (χ4v) is 4.34. The quantitative estimate of drug-likeness (QED) is 0.213. The molecule has 1 fully saturated rings. The molecule has 1 aliphatic rings. The number of halogens is 1. The maximum atomic E-state index is 12.5. The summed E-state index contributed by atoms with van der Waals surface area (Å²) < 4.78 is 11.1. The van der Waals surface area contributed by atoms with E-state index in [1.807, 2.05) is 0 Å². The zero-order valence-electron chi connectivity index (χ0n) is 19.9. The first-order valence-corrected chi connectivity index (χ1v) is 12.8. The van der Waals surface area contributed by atoms with Gasteiger partial charge in [-0.15, -0.1) is 0 Å². The molecule has 2 aromatic rings. The Hall–Kier alpha value is -3.02. The number of methoxy groups -OCH3 is 1. The van der Waals surface area contributed by atoms with Crippen molar-refractivity contribution < 1.29 is 23.9 Å². The molecule has 4 N–H and O–H groups in total. The lowest BCUT2D eigenvalue weighted by Gasteiger charge is -2.20. The molecule has 0 bridgehead atoms. The van der Waals surface area contributed by atoms with E-state index in [9.17, 15) is 14.4 Å². The number of carbonyl (C=O) groups is 3. The molecule has 0 aromatic heterocycles. The number of amides is 3. The van der Waals surface area contributed by atoms with Gasteiger partial charge < -0.3 is 14.8 Å². The Balaban J connectivity index is 1.44. The van der Waals surface area contributed by atoms with Gasteiger partial charge in [-0.25, -0.2) is 0 Å². The van der Waals surface area contributed by atoms with E-state index in [0.717, 1.165) is 25.7 Å². The van der Waals surface area contributed by atoms with E-state index in [4.69, 9.17) is 21.7 Å². The molecule has 3 amide bonds. The van der Waals surface area contributed by atoms with Gasteiger partial charge in [-0.3, -0.25) is 30.6 Å². The van der Waals surface area contributed by atoms with Gasteiger partial charge in [-0.2, -0.15) is 0 Å². The topological polar surface area (TPSA) is 118 Å². The van der Waals surface area contributed by atoms with Crippen LogP contribution in [0.2, 0.25) is 0 Å². The molecule has 0 saturated heterocycles. The lowest BCUT2D eigenvalue weighted by molar-refractivity contribution is -0.120. The first-order valence-electron chi connectivity index (χ1n) is 11.6. The summed E-state index contributed by atoms with van der Waals surface area (Å²) >= 11 is 8.48. The second kappa shape index (κ2) is 13.9. The predicted octanol–water partition coefficient (Wildman–Crippen LogP) is 3.94. The molecule has 1 saturated carbocycles. The Labute approximate surface area is 223 Å². The van der Waals surface area contributed by atoms with Gasteiger partial charge in [0.25, 0.3) is 11.8 Å². The number of nitrogens with one attached hydrogen (secondary N) is 4. The van der Waals surface area contributed by atoms with Crippen molar-refractivity contribution in [3.63, 3.8) is 0 Å². The summed E-state index contributed by atoms with van der Waals surface area (Å²) in [5.74, 6) is -0.248. The van der Waals surface area contributed by atoms with Gasteiger partial charge in [0.2, 0.25) is 5.91 Å². The highest BCUT2D eigenvalue weighted by molar-refractivity contribution is 9.10. The van der Waals surface area contributed by atoms with Crippen molar-refractivity contribution in [2.24, 2.45) is 5.92 Å². The average Bonchev–Trinajstić information content (AvgIpc) is 2.89. The summed E-state index contributed by atoms with van der Waals surface area (Å²) in [6, 6.07) is 11.4. The fraction of sp³-hybridized carbons (Fsp3) is 0.360. The molecule has 9 nitrogen and oxygen atoms in total. The van der Waals surface area contributed by atoms with Gasteiger partial charge in [0, 0.05) is 29.8 Å². The lowest BCUT2D eigenvalue weighted by Crippen LogP contribution is -2.48. The van der Waals surface area contributed by atoms with Gasteiger partial charge in [0.15, 0.2) is 5.11 Å². The van der Waals surface area contributed by atoms with Crippen LogP contribution >= 0.6 is 28.1 Å². The minimum absolute atomic E-state index is 0.0231. The molecule has 0 unspecified atom stereocenters. The maximum Gasteiger partial charge on any atom is 0.269 e. The van der Waals surface area contributed by atoms with Crippen LogP contribution < -0.4 is 26.2 Å². The van der Waals surface area contributed by atoms with Crippen LogP contribution in [-0.2, 0) is 9.53 Å². The van der Waals surface area contributed by atoms with Crippen LogP contribution in [0.3, 0.4) is 0 Å². The smallest absolute Gasteiger partial charge is 0.269 e. The Morgan fingerprint density at radius 3 is 2.31 bits per heavy atom. The highest BCUT2D eigenvalue weighted by Crippen LogP contribution is 2.26. The number of anilines is 1. The van der Waals surface area contributed by atoms with Gasteiger partial charge in [0.05, 0.1) is 11.1 Å². The second-order valence-corrected chi connectivity index (χ2v) is 9.51. The van der Waals surface area contributed by atoms with Crippen molar-refractivity contribution >= 4 is 56.7 Å². The summed E-state index contributed by atoms with van der Waals surface area (Å²) in [6.07, 6.45) is 5.19. The van der Waals surface area contributed by atoms with E-state index >= 15 is 0 Å². The van der Waals surface area contributed by atoms with Crippen molar-refractivity contribution in [3.05, 3.63) is 58.1 Å². The largest absolute Gasteiger partial charge is 0.490 e. The predicted molar refractivity (Wildman–Crippen MR) is 144 cm³/mol. The maximum absolute atomic E-state index is 12.5. The van der Waals surface area contributed by atoms with Crippen molar-refractivity contribution in [2.45, 2.75) is 32.1 Å². The molecular weight excluding hydrogens is 548 g/mol. The molecule has 11 heteroatoms. The van der Waals surface area contributed by atoms with Crippen LogP contribution in [0.5, 0.6) is 5.75 Å². The minimum Gasteiger partial charge on any atom is -0.490 e. The third-order valence-corrected chi connectivity index (χ3v) is 6.47. The molecule has 0 radical (unpaired) electrons. The van der Waals surface area contributed by atoms with Crippen molar-refractivity contribution in [1.29, 1.82) is 0 Å². The molecule has 2 aromatic carbocycles. The fourth-order valence-electron chi connectivity index (χ4n) is 3.70. The Kier molecular flexibility index (Phi) is 10.6. The van der Waals surface area contributed by atoms with Crippen LogP contribution in [0.25, 0.3) is 0 Å². The monoisotopic (exact) mass is 576 g/mol. The summed E-state index contributed by atoms with van der Waals surface area (Å²) in [7, 11) is 1.58. The number of benzene rings is 2. The van der Waals surface area contributed by atoms with Gasteiger partial charge in [0.1, 0.15) is 12.4 Å². The SMILES string of the molecule is COCCOc1ccc(C(=O)NC(=S)NNC(=O)c2ccc(NC(=O)C3CCCCC3)cc2)cc1Br. The normalized spacial score (nSPS) is 13.4. The lowest BCUT2D eigenvalue weighted by atomic mass is 9.88. The van der Waals surface area contributed by atoms with Crippen molar-refractivity contribution in [2.75, 3.05) is 25.6 Å². The summed E-state index contributed by atoms with van der Waals surface area (Å²) in [5, 5.41) is 5.35. The summed E-state index contributed by atoms with van der Waals surface area (Å²) in [5.41, 5.74) is 6.30. The highest BCUT2D eigenvalue weighted by Gasteiger charge is 2.21. The van der Waals surface area contributed by atoms with Crippen molar-refractivity contribution in [1.82, 2.24) is 16.2 Å². The second-order valence-electron chi connectivity index (χ2n) is 8.25. The first-order chi connectivity index (χ1) is 17.4. The molecule has 0 aliphatic heterocycles. The minimum atomic E-state index is -0.455. The van der Waals surface area contributed by atoms with Gasteiger partial charge >= 0.3 is 0 Å². The molecule has 0 atom stereocenters. The standard InChI is InChI=1S/C25H29BrN4O5S/c1-34-13-14-35-21-12-9-18(15-20(21)26)23(32)28-25(36)30-29-24(33)17-7-10-19(11-8-17)27-22(31)16-5-3-2-4-6-16/h7-12,15-16H,2-6,13-14H2,1H3,(H,27,31)(H,29,33)(H2,28,30,32,36). The first kappa shape index (κ1) is 27.6. The molecule has 1 aliphatic carbocycles. The van der Waals surface area contributed by atoms with Crippen LogP contribution in [0.15, 0.2) is 46.9 Å². The van der Waals surface area contributed by atoms with E-state index in [-0.39, 0.29) is 16.9 Å². The van der Waals surface area contributed by atoms with Crippen LogP contribution in [-0.4, -0.2) is 43.2 Å². The molecule has 3 rings (SSSR count).